The molecule has 5 nitrogen and oxygen atoms in total. The molecule has 0 amide bonds. The van der Waals surface area contributed by atoms with Gasteiger partial charge in [0.2, 0.25) is 0 Å². The minimum absolute atomic E-state index is 0.617. The van der Waals surface area contributed by atoms with Gasteiger partial charge < -0.3 is 10.2 Å². The first kappa shape index (κ1) is 14.1. The first-order valence-corrected chi connectivity index (χ1v) is 7.18. The molecule has 2 rings (SSSR count). The number of nitrogens with zero attached hydrogens (tertiary/aromatic N) is 4. The van der Waals surface area contributed by atoms with Crippen molar-refractivity contribution in [2.24, 2.45) is 0 Å². The molecule has 0 radical (unpaired) electrons. The van der Waals surface area contributed by atoms with Crippen LogP contribution in [0.25, 0.3) is 0 Å². The van der Waals surface area contributed by atoms with E-state index in [0.29, 0.717) is 6.04 Å². The third-order valence-corrected chi connectivity index (χ3v) is 3.75. The molecule has 0 bridgehead atoms. The number of likely N-dealkylation sites (N-methyl/N-ethyl adjacent to an activating group) is 1. The monoisotopic (exact) mass is 263 g/mol. The highest BCUT2D eigenvalue weighted by atomic mass is 15.3. The third kappa shape index (κ3) is 3.35. The molecular weight excluding hydrogens is 238 g/mol. The summed E-state index contributed by atoms with van der Waals surface area (Å²) in [5, 5.41) is 3.27. The van der Waals surface area contributed by atoms with Crippen LogP contribution in [0.1, 0.15) is 26.1 Å². The lowest BCUT2D eigenvalue weighted by Gasteiger charge is -2.39. The van der Waals surface area contributed by atoms with Crippen LogP contribution in [0.3, 0.4) is 0 Å². The second kappa shape index (κ2) is 6.19. The molecular formula is C14H25N5. The van der Waals surface area contributed by atoms with Gasteiger partial charge in [0.1, 0.15) is 17.5 Å². The highest BCUT2D eigenvalue weighted by Gasteiger charge is 2.24. The predicted octanol–water partition coefficient (Wildman–Crippen LogP) is 1.75. The first-order valence-electron chi connectivity index (χ1n) is 7.18. The van der Waals surface area contributed by atoms with Crippen molar-refractivity contribution < 1.29 is 0 Å². The van der Waals surface area contributed by atoms with Gasteiger partial charge in [0.15, 0.2) is 0 Å². The Balaban J connectivity index is 2.17. The summed E-state index contributed by atoms with van der Waals surface area (Å²) in [7, 11) is 2.21. The zero-order valence-electron chi connectivity index (χ0n) is 12.5. The minimum Gasteiger partial charge on any atom is -0.370 e. The van der Waals surface area contributed by atoms with E-state index < -0.39 is 0 Å². The predicted molar refractivity (Wildman–Crippen MR) is 79.9 cm³/mol. The van der Waals surface area contributed by atoms with Gasteiger partial charge in [0.05, 0.1) is 0 Å². The maximum Gasteiger partial charge on any atom is 0.134 e. The topological polar surface area (TPSA) is 44.3 Å². The van der Waals surface area contributed by atoms with Crippen molar-refractivity contribution in [2.45, 2.75) is 33.2 Å². The molecule has 1 fully saturated rings. The molecule has 0 aromatic carbocycles. The number of anilines is 2. The lowest BCUT2D eigenvalue weighted by Crippen LogP contribution is -2.51. The fraction of sp³-hybridized carbons (Fsp3) is 0.714. The summed E-state index contributed by atoms with van der Waals surface area (Å²) in [6.45, 7) is 10.4. The number of piperazine rings is 1. The molecule has 5 heteroatoms. The molecule has 1 unspecified atom stereocenters. The molecule has 106 valence electrons. The molecule has 0 saturated carbocycles. The van der Waals surface area contributed by atoms with Gasteiger partial charge in [-0.2, -0.15) is 0 Å². The Labute approximate surface area is 116 Å². The molecule has 1 saturated heterocycles. The fourth-order valence-corrected chi connectivity index (χ4v) is 2.58. The Morgan fingerprint density at radius 1 is 1.32 bits per heavy atom. The van der Waals surface area contributed by atoms with Gasteiger partial charge in [0, 0.05) is 38.3 Å². The average molecular weight is 263 g/mol. The van der Waals surface area contributed by atoms with Gasteiger partial charge in [0.25, 0.3) is 0 Å². The van der Waals surface area contributed by atoms with E-state index in [4.69, 9.17) is 0 Å². The number of rotatable bonds is 4. The molecule has 19 heavy (non-hydrogen) atoms. The summed E-state index contributed by atoms with van der Waals surface area (Å²) >= 11 is 0. The highest BCUT2D eigenvalue weighted by Crippen LogP contribution is 2.20. The Morgan fingerprint density at radius 2 is 2.11 bits per heavy atom. The van der Waals surface area contributed by atoms with E-state index in [1.165, 1.54) is 6.42 Å². The van der Waals surface area contributed by atoms with E-state index in [0.717, 1.165) is 43.6 Å². The van der Waals surface area contributed by atoms with Crippen LogP contribution >= 0.6 is 0 Å². The van der Waals surface area contributed by atoms with E-state index in [1.807, 2.05) is 6.92 Å². The lowest BCUT2D eigenvalue weighted by atomic mass is 10.1. The molecule has 2 heterocycles. The summed E-state index contributed by atoms with van der Waals surface area (Å²) in [5.74, 6) is 2.81. The van der Waals surface area contributed by atoms with Gasteiger partial charge in [-0.15, -0.1) is 0 Å². The number of aryl methyl sites for hydroxylation is 1. The molecule has 1 aliphatic rings. The van der Waals surface area contributed by atoms with E-state index >= 15 is 0 Å². The van der Waals surface area contributed by atoms with Crippen molar-refractivity contribution in [3.05, 3.63) is 11.9 Å². The lowest BCUT2D eigenvalue weighted by molar-refractivity contribution is 0.213. The number of hydrogen-bond donors (Lipinski definition) is 1. The normalized spacial score (nSPS) is 20.6. The second-order valence-corrected chi connectivity index (χ2v) is 5.18. The Kier molecular flexibility index (Phi) is 4.58. The van der Waals surface area contributed by atoms with Crippen LogP contribution in [0.4, 0.5) is 11.6 Å². The zero-order valence-corrected chi connectivity index (χ0v) is 12.5. The maximum absolute atomic E-state index is 4.59. The fourth-order valence-electron chi connectivity index (χ4n) is 2.58. The van der Waals surface area contributed by atoms with Crippen LogP contribution in [0.2, 0.25) is 0 Å². The Hall–Kier alpha value is -1.36. The highest BCUT2D eigenvalue weighted by molar-refractivity contribution is 5.49. The van der Waals surface area contributed by atoms with Crippen LogP contribution in [0.5, 0.6) is 0 Å². The smallest absolute Gasteiger partial charge is 0.134 e. The van der Waals surface area contributed by atoms with Gasteiger partial charge in [-0.1, -0.05) is 6.92 Å². The number of nitrogens with one attached hydrogen (secondary N) is 1. The van der Waals surface area contributed by atoms with E-state index in [9.17, 15) is 0 Å². The molecule has 1 atom stereocenters. The van der Waals surface area contributed by atoms with Gasteiger partial charge in [-0.25, -0.2) is 9.97 Å². The van der Waals surface area contributed by atoms with Gasteiger partial charge in [-0.05, 0) is 27.3 Å². The Bertz CT molecular complexity index is 420. The van der Waals surface area contributed by atoms with Crippen molar-refractivity contribution in [3.8, 4) is 0 Å². The largest absolute Gasteiger partial charge is 0.370 e. The standard InChI is InChI=1S/C14H25N5/c1-5-12-10-19(8-7-18(12)4)14-9-13(15-6-2)16-11(3)17-14/h9,12H,5-8,10H2,1-4H3,(H,15,16,17). The van der Waals surface area contributed by atoms with Crippen LogP contribution in [-0.4, -0.2) is 54.1 Å². The van der Waals surface area contributed by atoms with Gasteiger partial charge in [-0.3, -0.25) is 4.90 Å². The van der Waals surface area contributed by atoms with Crippen molar-refractivity contribution in [1.29, 1.82) is 0 Å². The average Bonchev–Trinajstić information content (AvgIpc) is 2.39. The van der Waals surface area contributed by atoms with E-state index in [1.54, 1.807) is 0 Å². The second-order valence-electron chi connectivity index (χ2n) is 5.18. The van der Waals surface area contributed by atoms with E-state index in [2.05, 4.69) is 52.0 Å². The molecule has 0 spiro atoms. The third-order valence-electron chi connectivity index (χ3n) is 3.75. The maximum atomic E-state index is 4.59. The summed E-state index contributed by atoms with van der Waals surface area (Å²) in [4.78, 5) is 13.8. The van der Waals surface area contributed by atoms with Crippen molar-refractivity contribution in [3.63, 3.8) is 0 Å². The van der Waals surface area contributed by atoms with Crippen LogP contribution in [0, 0.1) is 6.92 Å². The van der Waals surface area contributed by atoms with Crippen LogP contribution in [0.15, 0.2) is 6.07 Å². The quantitative estimate of drug-likeness (QED) is 0.896. The molecule has 1 N–H and O–H groups in total. The van der Waals surface area contributed by atoms with Crippen molar-refractivity contribution >= 4 is 11.6 Å². The molecule has 0 aliphatic carbocycles. The SMILES string of the molecule is CCNc1cc(N2CCN(C)C(CC)C2)nc(C)n1. The van der Waals surface area contributed by atoms with Crippen molar-refractivity contribution in [2.75, 3.05) is 43.4 Å². The van der Waals surface area contributed by atoms with Gasteiger partial charge >= 0.3 is 0 Å². The summed E-state index contributed by atoms with van der Waals surface area (Å²) < 4.78 is 0. The first-order chi connectivity index (χ1) is 9.13. The Morgan fingerprint density at radius 3 is 2.79 bits per heavy atom. The number of aromatic nitrogens is 2. The van der Waals surface area contributed by atoms with Crippen LogP contribution < -0.4 is 10.2 Å². The molecule has 1 aromatic heterocycles. The van der Waals surface area contributed by atoms with Crippen molar-refractivity contribution in [1.82, 2.24) is 14.9 Å². The molecule has 1 aromatic rings. The number of hydrogen-bond acceptors (Lipinski definition) is 5. The van der Waals surface area contributed by atoms with Crippen LogP contribution in [-0.2, 0) is 0 Å². The van der Waals surface area contributed by atoms with E-state index in [-0.39, 0.29) is 0 Å². The summed E-state index contributed by atoms with van der Waals surface area (Å²) in [5.41, 5.74) is 0. The summed E-state index contributed by atoms with van der Waals surface area (Å²) in [6.07, 6.45) is 1.18. The summed E-state index contributed by atoms with van der Waals surface area (Å²) in [6, 6.07) is 2.68. The zero-order chi connectivity index (χ0) is 13.8. The minimum atomic E-state index is 0.617. The molecule has 1 aliphatic heterocycles.